The Bertz CT molecular complexity index is 794. The normalized spacial score (nSPS) is 10.9. The molecule has 0 bridgehead atoms. The van der Waals surface area contributed by atoms with E-state index < -0.39 is 0 Å². The maximum absolute atomic E-state index is 11.8. The number of rotatable bonds is 5. The lowest BCUT2D eigenvalue weighted by molar-refractivity contribution is -0.123. The lowest BCUT2D eigenvalue weighted by Gasteiger charge is -2.12. The predicted octanol–water partition coefficient (Wildman–Crippen LogP) is 4.90. The van der Waals surface area contributed by atoms with Gasteiger partial charge in [-0.15, -0.1) is 0 Å². The van der Waals surface area contributed by atoms with Crippen LogP contribution in [0.4, 0.5) is 0 Å². The highest BCUT2D eigenvalue weighted by Gasteiger charge is 2.12. The maximum atomic E-state index is 11.8. The number of hydrogen-bond donors (Lipinski definition) is 1. The van der Waals surface area contributed by atoms with Crippen molar-refractivity contribution in [2.24, 2.45) is 5.10 Å². The first-order valence-electron chi connectivity index (χ1n) is 7.04. The predicted molar refractivity (Wildman–Crippen MR) is 101 cm³/mol. The van der Waals surface area contributed by atoms with Gasteiger partial charge in [0.15, 0.2) is 6.61 Å². The zero-order valence-corrected chi connectivity index (χ0v) is 16.2. The van der Waals surface area contributed by atoms with Crippen LogP contribution in [0.1, 0.15) is 16.7 Å². The molecule has 0 aliphatic carbocycles. The number of halogens is 3. The molecule has 0 saturated carbocycles. The van der Waals surface area contributed by atoms with Crippen LogP contribution in [-0.2, 0) is 4.79 Å². The van der Waals surface area contributed by atoms with Gasteiger partial charge in [0.2, 0.25) is 0 Å². The van der Waals surface area contributed by atoms with Gasteiger partial charge >= 0.3 is 0 Å². The number of nitrogens with zero attached hydrogens (tertiary/aromatic N) is 1. The molecule has 1 N–H and O–H groups in total. The average Bonchev–Trinajstić information content (AvgIpc) is 2.55. The van der Waals surface area contributed by atoms with Crippen molar-refractivity contribution >= 4 is 51.3 Å². The molecule has 24 heavy (non-hydrogen) atoms. The summed E-state index contributed by atoms with van der Waals surface area (Å²) < 4.78 is 6.25. The number of ether oxygens (including phenoxy) is 1. The zero-order chi connectivity index (χ0) is 17.7. The number of carbonyl (C=O) groups is 1. The van der Waals surface area contributed by atoms with Crippen LogP contribution in [-0.4, -0.2) is 18.7 Å². The molecule has 0 heterocycles. The molecular weight excluding hydrogens is 415 g/mol. The van der Waals surface area contributed by atoms with Crippen molar-refractivity contribution in [3.8, 4) is 5.75 Å². The summed E-state index contributed by atoms with van der Waals surface area (Å²) >= 11 is 15.5. The average molecular weight is 430 g/mol. The fraction of sp³-hybridized carbons (Fsp3) is 0.176. The first-order valence-corrected chi connectivity index (χ1v) is 8.59. The van der Waals surface area contributed by atoms with E-state index in [1.54, 1.807) is 24.3 Å². The molecule has 0 saturated heterocycles. The van der Waals surface area contributed by atoms with E-state index in [4.69, 9.17) is 27.9 Å². The third kappa shape index (κ3) is 4.97. The van der Waals surface area contributed by atoms with Gasteiger partial charge in [-0.05, 0) is 64.7 Å². The molecule has 2 aromatic rings. The van der Waals surface area contributed by atoms with Crippen LogP contribution < -0.4 is 10.2 Å². The van der Waals surface area contributed by atoms with Gasteiger partial charge in [0, 0.05) is 10.0 Å². The summed E-state index contributed by atoms with van der Waals surface area (Å²) in [6, 6.07) is 8.91. The minimum absolute atomic E-state index is 0.161. The second-order valence-corrected chi connectivity index (χ2v) is 6.69. The molecule has 7 heteroatoms. The fourth-order valence-corrected chi connectivity index (χ4v) is 2.84. The standard InChI is InChI=1S/C17H15BrCl2N2O2/c1-10-6-14(16(18)11(2)17(10)20)24-9-15(23)22-21-8-12-4-3-5-13(19)7-12/h3-8H,9H2,1-2H3,(H,22,23)/b21-8+. The molecule has 2 aromatic carbocycles. The monoisotopic (exact) mass is 428 g/mol. The molecule has 4 nitrogen and oxygen atoms in total. The lowest BCUT2D eigenvalue weighted by atomic mass is 10.1. The smallest absolute Gasteiger partial charge is 0.277 e. The highest BCUT2D eigenvalue weighted by Crippen LogP contribution is 2.35. The Morgan fingerprint density at radius 1 is 1.33 bits per heavy atom. The molecule has 0 aliphatic heterocycles. The van der Waals surface area contributed by atoms with Crippen LogP contribution in [0.15, 0.2) is 39.9 Å². The highest BCUT2D eigenvalue weighted by molar-refractivity contribution is 9.10. The van der Waals surface area contributed by atoms with E-state index in [2.05, 4.69) is 26.5 Å². The number of nitrogens with one attached hydrogen (secondary N) is 1. The second kappa shape index (κ2) is 8.51. The third-order valence-electron chi connectivity index (χ3n) is 3.18. The minimum atomic E-state index is -0.370. The summed E-state index contributed by atoms with van der Waals surface area (Å²) in [5.41, 5.74) is 4.94. The van der Waals surface area contributed by atoms with Crippen molar-refractivity contribution in [1.29, 1.82) is 0 Å². The SMILES string of the molecule is Cc1cc(OCC(=O)N/N=C/c2cccc(Cl)c2)c(Br)c(C)c1Cl. The Morgan fingerprint density at radius 2 is 2.08 bits per heavy atom. The molecular formula is C17H15BrCl2N2O2. The van der Waals surface area contributed by atoms with Crippen molar-refractivity contribution in [1.82, 2.24) is 5.43 Å². The summed E-state index contributed by atoms with van der Waals surface area (Å²) in [5, 5.41) is 5.15. The second-order valence-electron chi connectivity index (χ2n) is 5.08. The van der Waals surface area contributed by atoms with Crippen LogP contribution in [0.3, 0.4) is 0 Å². The van der Waals surface area contributed by atoms with Crippen LogP contribution in [0.2, 0.25) is 10.0 Å². The van der Waals surface area contributed by atoms with E-state index in [1.165, 1.54) is 6.21 Å². The number of carbonyl (C=O) groups excluding carboxylic acids is 1. The Morgan fingerprint density at radius 3 is 2.79 bits per heavy atom. The number of aryl methyl sites for hydroxylation is 1. The quantitative estimate of drug-likeness (QED) is 0.542. The van der Waals surface area contributed by atoms with Crippen LogP contribution in [0.5, 0.6) is 5.75 Å². The molecule has 0 aliphatic rings. The number of amides is 1. The van der Waals surface area contributed by atoms with E-state index >= 15 is 0 Å². The van der Waals surface area contributed by atoms with Gasteiger partial charge in [0.1, 0.15) is 5.75 Å². The Hall–Kier alpha value is -1.56. The molecule has 126 valence electrons. The van der Waals surface area contributed by atoms with Gasteiger partial charge in [-0.2, -0.15) is 5.10 Å². The summed E-state index contributed by atoms with van der Waals surface area (Å²) in [6.45, 7) is 3.59. The Kier molecular flexibility index (Phi) is 6.66. The number of hydrazone groups is 1. The zero-order valence-electron chi connectivity index (χ0n) is 13.1. The summed E-state index contributed by atoms with van der Waals surface area (Å²) in [5.74, 6) is 0.189. The van der Waals surface area contributed by atoms with Crippen LogP contribution >= 0.6 is 39.1 Å². The van der Waals surface area contributed by atoms with E-state index in [9.17, 15) is 4.79 Å². The third-order valence-corrected chi connectivity index (χ3v) is 4.98. The van der Waals surface area contributed by atoms with Gasteiger partial charge in [0.05, 0.1) is 10.7 Å². The van der Waals surface area contributed by atoms with Gasteiger partial charge in [-0.1, -0.05) is 35.3 Å². The van der Waals surface area contributed by atoms with Crippen LogP contribution in [0.25, 0.3) is 0 Å². The van der Waals surface area contributed by atoms with Gasteiger partial charge in [0.25, 0.3) is 5.91 Å². The van der Waals surface area contributed by atoms with Crippen molar-refractivity contribution < 1.29 is 9.53 Å². The van der Waals surface area contributed by atoms with Gasteiger partial charge in [-0.3, -0.25) is 4.79 Å². The lowest BCUT2D eigenvalue weighted by Crippen LogP contribution is -2.24. The molecule has 0 spiro atoms. The molecule has 0 fully saturated rings. The molecule has 0 radical (unpaired) electrons. The van der Waals surface area contributed by atoms with Crippen molar-refractivity contribution in [2.45, 2.75) is 13.8 Å². The Balaban J connectivity index is 1.92. The van der Waals surface area contributed by atoms with Crippen molar-refractivity contribution in [3.63, 3.8) is 0 Å². The van der Waals surface area contributed by atoms with Crippen molar-refractivity contribution in [2.75, 3.05) is 6.61 Å². The minimum Gasteiger partial charge on any atom is -0.483 e. The first-order chi connectivity index (χ1) is 11.4. The van der Waals surface area contributed by atoms with E-state index in [1.807, 2.05) is 19.9 Å². The van der Waals surface area contributed by atoms with E-state index in [0.29, 0.717) is 15.8 Å². The van der Waals surface area contributed by atoms with Crippen LogP contribution in [0, 0.1) is 13.8 Å². The number of hydrogen-bond acceptors (Lipinski definition) is 3. The molecule has 0 unspecified atom stereocenters. The fourth-order valence-electron chi connectivity index (χ4n) is 1.95. The molecule has 2 rings (SSSR count). The molecule has 0 atom stereocenters. The van der Waals surface area contributed by atoms with Crippen molar-refractivity contribution in [3.05, 3.63) is 61.5 Å². The molecule has 0 aromatic heterocycles. The number of benzene rings is 2. The summed E-state index contributed by atoms with van der Waals surface area (Å²) in [6.07, 6.45) is 1.51. The first kappa shape index (κ1) is 18.8. The maximum Gasteiger partial charge on any atom is 0.277 e. The van der Waals surface area contributed by atoms with Gasteiger partial charge < -0.3 is 4.74 Å². The molecule has 1 amide bonds. The van der Waals surface area contributed by atoms with Gasteiger partial charge in [-0.25, -0.2) is 5.43 Å². The Labute approximate surface area is 158 Å². The summed E-state index contributed by atoms with van der Waals surface area (Å²) in [4.78, 5) is 11.8. The highest BCUT2D eigenvalue weighted by atomic mass is 79.9. The summed E-state index contributed by atoms with van der Waals surface area (Å²) in [7, 11) is 0. The largest absolute Gasteiger partial charge is 0.483 e. The topological polar surface area (TPSA) is 50.7 Å². The van der Waals surface area contributed by atoms with E-state index in [0.717, 1.165) is 21.2 Å². The van der Waals surface area contributed by atoms with E-state index in [-0.39, 0.29) is 12.5 Å².